The maximum absolute atomic E-state index is 4.26. The molecule has 14 heavy (non-hydrogen) atoms. The SMILES string of the molecule is CC(C)c1cc2c(nn1)NC[C@H]1C[C@@H]21. The Hall–Kier alpha value is -1.12. The van der Waals surface area contributed by atoms with Crippen molar-refractivity contribution in [2.45, 2.75) is 32.1 Å². The fourth-order valence-corrected chi connectivity index (χ4v) is 2.21. The van der Waals surface area contributed by atoms with Crippen molar-refractivity contribution in [1.29, 1.82) is 0 Å². The minimum Gasteiger partial charge on any atom is -0.368 e. The van der Waals surface area contributed by atoms with Crippen molar-refractivity contribution in [2.75, 3.05) is 11.9 Å². The van der Waals surface area contributed by atoms with Gasteiger partial charge in [-0.2, -0.15) is 5.10 Å². The number of hydrogen-bond donors (Lipinski definition) is 1. The molecule has 3 heteroatoms. The summed E-state index contributed by atoms with van der Waals surface area (Å²) in [7, 11) is 0. The Kier molecular flexibility index (Phi) is 1.58. The van der Waals surface area contributed by atoms with Crippen molar-refractivity contribution < 1.29 is 0 Å². The maximum atomic E-state index is 4.26. The van der Waals surface area contributed by atoms with Gasteiger partial charge in [0.2, 0.25) is 0 Å². The molecule has 1 aliphatic carbocycles. The molecule has 1 fully saturated rings. The van der Waals surface area contributed by atoms with E-state index >= 15 is 0 Å². The first-order chi connectivity index (χ1) is 6.75. The van der Waals surface area contributed by atoms with Crippen molar-refractivity contribution in [3.05, 3.63) is 17.3 Å². The van der Waals surface area contributed by atoms with Gasteiger partial charge >= 0.3 is 0 Å². The molecule has 1 saturated carbocycles. The van der Waals surface area contributed by atoms with Crippen molar-refractivity contribution in [1.82, 2.24) is 10.2 Å². The van der Waals surface area contributed by atoms with Crippen LogP contribution in [0.15, 0.2) is 6.07 Å². The molecule has 0 bridgehead atoms. The van der Waals surface area contributed by atoms with E-state index in [2.05, 4.69) is 35.4 Å². The average Bonchev–Trinajstić information content (AvgIpc) is 2.95. The zero-order valence-corrected chi connectivity index (χ0v) is 8.62. The van der Waals surface area contributed by atoms with Gasteiger partial charge in [-0.05, 0) is 30.2 Å². The fourth-order valence-electron chi connectivity index (χ4n) is 2.21. The summed E-state index contributed by atoms with van der Waals surface area (Å²) in [5, 5.41) is 11.8. The standard InChI is InChI=1S/C11H15N3/c1-6(2)10-4-9-8-3-7(8)5-12-11(9)14-13-10/h4,6-8H,3,5H2,1-2H3,(H,12,14)/t7-,8-/m1/s1. The highest BCUT2D eigenvalue weighted by Crippen LogP contribution is 2.52. The van der Waals surface area contributed by atoms with Gasteiger partial charge in [0.05, 0.1) is 5.69 Å². The lowest BCUT2D eigenvalue weighted by Gasteiger charge is -2.16. The van der Waals surface area contributed by atoms with Crippen LogP contribution in [0.2, 0.25) is 0 Å². The molecule has 2 aliphatic rings. The smallest absolute Gasteiger partial charge is 0.152 e. The number of hydrogen-bond acceptors (Lipinski definition) is 3. The predicted octanol–water partition coefficient (Wildman–Crippen LogP) is 2.13. The summed E-state index contributed by atoms with van der Waals surface area (Å²) >= 11 is 0. The van der Waals surface area contributed by atoms with E-state index in [1.165, 1.54) is 12.0 Å². The van der Waals surface area contributed by atoms with E-state index in [1.54, 1.807) is 0 Å². The number of aromatic nitrogens is 2. The maximum Gasteiger partial charge on any atom is 0.152 e. The van der Waals surface area contributed by atoms with Gasteiger partial charge in [0, 0.05) is 12.1 Å². The van der Waals surface area contributed by atoms with Gasteiger partial charge in [-0.25, -0.2) is 0 Å². The van der Waals surface area contributed by atoms with Gasteiger partial charge in [0.15, 0.2) is 5.82 Å². The molecule has 2 heterocycles. The van der Waals surface area contributed by atoms with Gasteiger partial charge in [0.1, 0.15) is 0 Å². The third-order valence-corrected chi connectivity index (χ3v) is 3.29. The summed E-state index contributed by atoms with van der Waals surface area (Å²) in [5.74, 6) is 3.14. The molecule has 74 valence electrons. The molecule has 0 saturated heterocycles. The van der Waals surface area contributed by atoms with Gasteiger partial charge in [0.25, 0.3) is 0 Å². The van der Waals surface area contributed by atoms with E-state index in [9.17, 15) is 0 Å². The highest BCUT2D eigenvalue weighted by Gasteiger charge is 2.43. The Morgan fingerprint density at radius 3 is 3.07 bits per heavy atom. The van der Waals surface area contributed by atoms with Crippen molar-refractivity contribution in [3.8, 4) is 0 Å². The minimum absolute atomic E-state index is 0.479. The lowest BCUT2D eigenvalue weighted by Crippen LogP contribution is -2.15. The number of rotatable bonds is 1. The fraction of sp³-hybridized carbons (Fsp3) is 0.636. The third-order valence-electron chi connectivity index (χ3n) is 3.29. The minimum atomic E-state index is 0.479. The van der Waals surface area contributed by atoms with Crippen LogP contribution in [0, 0.1) is 5.92 Å². The molecule has 2 atom stereocenters. The molecular formula is C11H15N3. The molecule has 3 rings (SSSR count). The zero-order valence-electron chi connectivity index (χ0n) is 8.62. The number of nitrogens with one attached hydrogen (secondary N) is 1. The second-order valence-corrected chi connectivity index (χ2v) is 4.71. The van der Waals surface area contributed by atoms with Crippen LogP contribution in [0.1, 0.15) is 43.4 Å². The molecule has 0 amide bonds. The van der Waals surface area contributed by atoms with E-state index in [0.29, 0.717) is 5.92 Å². The zero-order chi connectivity index (χ0) is 9.71. The van der Waals surface area contributed by atoms with Gasteiger partial charge in [-0.1, -0.05) is 13.8 Å². The lowest BCUT2D eigenvalue weighted by molar-refractivity contribution is 0.747. The number of anilines is 1. The predicted molar refractivity (Wildman–Crippen MR) is 55.5 cm³/mol. The first kappa shape index (κ1) is 8.21. The molecule has 1 aliphatic heterocycles. The van der Waals surface area contributed by atoms with Crippen LogP contribution < -0.4 is 5.32 Å². The molecule has 3 nitrogen and oxygen atoms in total. The quantitative estimate of drug-likeness (QED) is 0.735. The summed E-state index contributed by atoms with van der Waals surface area (Å²) in [6.07, 6.45) is 1.34. The molecule has 0 aromatic carbocycles. The van der Waals surface area contributed by atoms with Crippen molar-refractivity contribution in [3.63, 3.8) is 0 Å². The van der Waals surface area contributed by atoms with Crippen LogP contribution in [0.3, 0.4) is 0 Å². The summed E-state index contributed by atoms with van der Waals surface area (Å²) in [4.78, 5) is 0. The molecule has 0 radical (unpaired) electrons. The highest BCUT2D eigenvalue weighted by molar-refractivity contribution is 5.52. The van der Waals surface area contributed by atoms with Crippen LogP contribution in [0.5, 0.6) is 0 Å². The van der Waals surface area contributed by atoms with Crippen LogP contribution in [0.4, 0.5) is 5.82 Å². The second kappa shape index (κ2) is 2.69. The van der Waals surface area contributed by atoms with E-state index in [0.717, 1.165) is 29.9 Å². The first-order valence-corrected chi connectivity index (χ1v) is 5.37. The third kappa shape index (κ3) is 1.11. The highest BCUT2D eigenvalue weighted by atomic mass is 15.2. The van der Waals surface area contributed by atoms with E-state index < -0.39 is 0 Å². The van der Waals surface area contributed by atoms with E-state index in [4.69, 9.17) is 0 Å². The lowest BCUT2D eigenvalue weighted by atomic mass is 10.0. The van der Waals surface area contributed by atoms with Gasteiger partial charge < -0.3 is 5.32 Å². The monoisotopic (exact) mass is 189 g/mol. The molecule has 1 N–H and O–H groups in total. The van der Waals surface area contributed by atoms with Crippen molar-refractivity contribution in [2.24, 2.45) is 5.92 Å². The van der Waals surface area contributed by atoms with E-state index in [1.807, 2.05) is 0 Å². The normalized spacial score (nSPS) is 27.9. The number of fused-ring (bicyclic) bond motifs is 3. The Bertz CT molecular complexity index is 373. The Balaban J connectivity index is 2.04. The summed E-state index contributed by atoms with van der Waals surface area (Å²) in [5.41, 5.74) is 2.53. The molecular weight excluding hydrogens is 174 g/mol. The first-order valence-electron chi connectivity index (χ1n) is 5.37. The van der Waals surface area contributed by atoms with Gasteiger partial charge in [-0.15, -0.1) is 5.10 Å². The topological polar surface area (TPSA) is 37.8 Å². The van der Waals surface area contributed by atoms with Crippen LogP contribution in [0.25, 0.3) is 0 Å². The number of nitrogens with zero attached hydrogens (tertiary/aromatic N) is 2. The summed E-state index contributed by atoms with van der Waals surface area (Å²) in [6.45, 7) is 5.42. The summed E-state index contributed by atoms with van der Waals surface area (Å²) in [6, 6.07) is 2.24. The average molecular weight is 189 g/mol. The Morgan fingerprint density at radius 1 is 1.43 bits per heavy atom. The molecule has 0 unspecified atom stereocenters. The Labute approximate surface area is 83.9 Å². The van der Waals surface area contributed by atoms with Gasteiger partial charge in [-0.3, -0.25) is 0 Å². The second-order valence-electron chi connectivity index (χ2n) is 4.71. The van der Waals surface area contributed by atoms with E-state index in [-0.39, 0.29) is 0 Å². The summed E-state index contributed by atoms with van der Waals surface area (Å²) < 4.78 is 0. The molecule has 1 aromatic rings. The Morgan fingerprint density at radius 2 is 2.29 bits per heavy atom. The van der Waals surface area contributed by atoms with Crippen LogP contribution >= 0.6 is 0 Å². The largest absolute Gasteiger partial charge is 0.368 e. The molecule has 1 aromatic heterocycles. The van der Waals surface area contributed by atoms with Crippen LogP contribution in [-0.4, -0.2) is 16.7 Å². The molecule has 0 spiro atoms. The van der Waals surface area contributed by atoms with Crippen LogP contribution in [-0.2, 0) is 0 Å². The van der Waals surface area contributed by atoms with Crippen molar-refractivity contribution >= 4 is 5.82 Å².